The summed E-state index contributed by atoms with van der Waals surface area (Å²) < 4.78 is 0. The van der Waals surface area contributed by atoms with Crippen LogP contribution < -0.4 is 5.46 Å². The van der Waals surface area contributed by atoms with Crippen LogP contribution in [0.2, 0.25) is 0 Å². The maximum absolute atomic E-state index is 9.32. The zero-order chi connectivity index (χ0) is 13.5. The van der Waals surface area contributed by atoms with E-state index in [-0.39, 0.29) is 0 Å². The third kappa shape index (κ3) is 4.66. The molecule has 1 aliphatic rings. The molecule has 0 aromatic heterocycles. The predicted molar refractivity (Wildman–Crippen MR) is 80.4 cm³/mol. The Morgan fingerprint density at radius 3 is 2.47 bits per heavy atom. The van der Waals surface area contributed by atoms with E-state index < -0.39 is 7.12 Å². The lowest BCUT2D eigenvalue weighted by Gasteiger charge is -2.21. The second-order valence-electron chi connectivity index (χ2n) is 5.82. The molecule has 0 heterocycles. The summed E-state index contributed by atoms with van der Waals surface area (Å²) in [4.78, 5) is 0. The Kier molecular flexibility index (Phi) is 5.93. The predicted octanol–water partition coefficient (Wildman–Crippen LogP) is 2.66. The fourth-order valence-electron chi connectivity index (χ4n) is 3.24. The van der Waals surface area contributed by atoms with Crippen LogP contribution in [-0.2, 0) is 6.42 Å². The molecular weight excluding hydrogens is 235 g/mol. The van der Waals surface area contributed by atoms with Gasteiger partial charge in [-0.05, 0) is 29.8 Å². The van der Waals surface area contributed by atoms with Gasteiger partial charge in [0.2, 0.25) is 0 Å². The van der Waals surface area contributed by atoms with Gasteiger partial charge in [0.05, 0.1) is 0 Å². The number of unbranched alkanes of at least 4 members (excludes halogenated alkanes) is 1. The third-order valence-corrected chi connectivity index (χ3v) is 4.37. The monoisotopic (exact) mass is 260 g/mol. The molecule has 2 nitrogen and oxygen atoms in total. The van der Waals surface area contributed by atoms with Crippen LogP contribution >= 0.6 is 0 Å². The molecule has 2 rings (SSSR count). The SMILES string of the molecule is OB(O)c1ccccc1CCCCC1CCCCC1. The Balaban J connectivity index is 1.73. The van der Waals surface area contributed by atoms with Gasteiger partial charge in [0.15, 0.2) is 0 Å². The van der Waals surface area contributed by atoms with Crippen LogP contribution in [0.15, 0.2) is 24.3 Å². The molecule has 2 N–H and O–H groups in total. The first-order valence-corrected chi connectivity index (χ1v) is 7.71. The van der Waals surface area contributed by atoms with Crippen molar-refractivity contribution in [1.82, 2.24) is 0 Å². The third-order valence-electron chi connectivity index (χ3n) is 4.37. The molecule has 1 aliphatic carbocycles. The molecule has 3 heteroatoms. The lowest BCUT2D eigenvalue weighted by atomic mass is 9.76. The summed E-state index contributed by atoms with van der Waals surface area (Å²) in [6.07, 6.45) is 11.8. The second-order valence-corrected chi connectivity index (χ2v) is 5.82. The first-order valence-electron chi connectivity index (χ1n) is 7.71. The minimum atomic E-state index is -1.34. The number of hydrogen-bond acceptors (Lipinski definition) is 2. The van der Waals surface area contributed by atoms with Gasteiger partial charge < -0.3 is 10.0 Å². The molecule has 0 spiro atoms. The van der Waals surface area contributed by atoms with Gasteiger partial charge >= 0.3 is 7.12 Å². The Morgan fingerprint density at radius 2 is 1.74 bits per heavy atom. The minimum absolute atomic E-state index is 0.667. The van der Waals surface area contributed by atoms with E-state index >= 15 is 0 Å². The van der Waals surface area contributed by atoms with Crippen molar-refractivity contribution in [2.24, 2.45) is 5.92 Å². The average Bonchev–Trinajstić information content (AvgIpc) is 2.45. The molecule has 1 aromatic carbocycles. The molecule has 1 saturated carbocycles. The van der Waals surface area contributed by atoms with Crippen LogP contribution in [0.4, 0.5) is 0 Å². The molecule has 0 aliphatic heterocycles. The largest absolute Gasteiger partial charge is 0.488 e. The molecule has 0 saturated heterocycles. The van der Waals surface area contributed by atoms with E-state index in [1.165, 1.54) is 44.9 Å². The molecule has 19 heavy (non-hydrogen) atoms. The maximum atomic E-state index is 9.32. The molecule has 1 aromatic rings. The van der Waals surface area contributed by atoms with Gasteiger partial charge in [0.25, 0.3) is 0 Å². The Morgan fingerprint density at radius 1 is 1.00 bits per heavy atom. The van der Waals surface area contributed by atoms with E-state index in [0.717, 1.165) is 24.3 Å². The smallest absolute Gasteiger partial charge is 0.423 e. The van der Waals surface area contributed by atoms with E-state index in [0.29, 0.717) is 5.46 Å². The van der Waals surface area contributed by atoms with Crippen LogP contribution in [0.3, 0.4) is 0 Å². The zero-order valence-electron chi connectivity index (χ0n) is 11.7. The van der Waals surface area contributed by atoms with Crippen LogP contribution in [0.5, 0.6) is 0 Å². The summed E-state index contributed by atoms with van der Waals surface area (Å²) in [5, 5.41) is 18.6. The van der Waals surface area contributed by atoms with Crippen molar-refractivity contribution in [3.63, 3.8) is 0 Å². The van der Waals surface area contributed by atoms with Crippen LogP contribution in [0.25, 0.3) is 0 Å². The summed E-state index contributed by atoms with van der Waals surface area (Å²) >= 11 is 0. The molecule has 0 amide bonds. The van der Waals surface area contributed by atoms with E-state index in [4.69, 9.17) is 0 Å². The van der Waals surface area contributed by atoms with Crippen LogP contribution in [0, 0.1) is 5.92 Å². The lowest BCUT2D eigenvalue weighted by molar-refractivity contribution is 0.330. The summed E-state index contributed by atoms with van der Waals surface area (Å²) in [5.74, 6) is 0.951. The van der Waals surface area contributed by atoms with E-state index in [9.17, 15) is 10.0 Å². The second kappa shape index (κ2) is 7.71. The number of benzene rings is 1. The molecule has 1 fully saturated rings. The van der Waals surface area contributed by atoms with Gasteiger partial charge in [0.1, 0.15) is 0 Å². The standard InChI is InChI=1S/C16H25BO2/c18-17(19)16-13-7-6-12-15(16)11-5-4-10-14-8-2-1-3-9-14/h6-7,12-14,18-19H,1-5,8-11H2. The minimum Gasteiger partial charge on any atom is -0.423 e. The lowest BCUT2D eigenvalue weighted by Crippen LogP contribution is -2.32. The summed E-state index contributed by atoms with van der Waals surface area (Å²) in [7, 11) is -1.34. The van der Waals surface area contributed by atoms with Gasteiger partial charge in [-0.1, -0.05) is 69.2 Å². The van der Waals surface area contributed by atoms with Crippen molar-refractivity contribution in [2.45, 2.75) is 57.8 Å². The fourth-order valence-corrected chi connectivity index (χ4v) is 3.24. The van der Waals surface area contributed by atoms with E-state index in [2.05, 4.69) is 0 Å². The quantitative estimate of drug-likeness (QED) is 0.609. The summed E-state index contributed by atoms with van der Waals surface area (Å²) in [5.41, 5.74) is 1.75. The maximum Gasteiger partial charge on any atom is 0.488 e. The molecule has 0 atom stereocenters. The molecule has 0 bridgehead atoms. The van der Waals surface area contributed by atoms with Crippen molar-refractivity contribution >= 4 is 12.6 Å². The van der Waals surface area contributed by atoms with Gasteiger partial charge in [-0.3, -0.25) is 0 Å². The molecular formula is C16H25BO2. The van der Waals surface area contributed by atoms with Crippen LogP contribution in [0.1, 0.15) is 56.9 Å². The van der Waals surface area contributed by atoms with Crippen molar-refractivity contribution in [3.05, 3.63) is 29.8 Å². The Labute approximate surface area is 117 Å². The van der Waals surface area contributed by atoms with Gasteiger partial charge in [-0.15, -0.1) is 0 Å². The first kappa shape index (κ1) is 14.6. The topological polar surface area (TPSA) is 40.5 Å². The summed E-state index contributed by atoms with van der Waals surface area (Å²) in [6, 6.07) is 7.65. The fraction of sp³-hybridized carbons (Fsp3) is 0.625. The summed E-state index contributed by atoms with van der Waals surface area (Å²) in [6.45, 7) is 0. The van der Waals surface area contributed by atoms with Gasteiger partial charge in [0, 0.05) is 0 Å². The highest BCUT2D eigenvalue weighted by Gasteiger charge is 2.15. The normalized spacial score (nSPS) is 16.5. The molecule has 104 valence electrons. The molecule has 0 unspecified atom stereocenters. The average molecular weight is 260 g/mol. The van der Waals surface area contributed by atoms with Crippen molar-refractivity contribution < 1.29 is 10.0 Å². The number of hydrogen-bond donors (Lipinski definition) is 2. The first-order chi connectivity index (χ1) is 9.27. The number of aryl methyl sites for hydroxylation is 1. The Hall–Kier alpha value is -0.795. The molecule has 0 radical (unpaired) electrons. The van der Waals surface area contributed by atoms with Crippen molar-refractivity contribution in [1.29, 1.82) is 0 Å². The van der Waals surface area contributed by atoms with E-state index in [1.807, 2.05) is 18.2 Å². The van der Waals surface area contributed by atoms with Crippen molar-refractivity contribution in [3.8, 4) is 0 Å². The van der Waals surface area contributed by atoms with Gasteiger partial charge in [-0.25, -0.2) is 0 Å². The van der Waals surface area contributed by atoms with E-state index in [1.54, 1.807) is 6.07 Å². The Bertz CT molecular complexity index is 373. The zero-order valence-corrected chi connectivity index (χ0v) is 11.7. The highest BCUT2D eigenvalue weighted by Crippen LogP contribution is 2.27. The van der Waals surface area contributed by atoms with Gasteiger partial charge in [-0.2, -0.15) is 0 Å². The highest BCUT2D eigenvalue weighted by atomic mass is 16.4. The van der Waals surface area contributed by atoms with Crippen molar-refractivity contribution in [2.75, 3.05) is 0 Å². The van der Waals surface area contributed by atoms with Crippen LogP contribution in [-0.4, -0.2) is 17.2 Å². The number of rotatable bonds is 6. The highest BCUT2D eigenvalue weighted by molar-refractivity contribution is 6.59.